The van der Waals surface area contributed by atoms with Gasteiger partial charge in [-0.1, -0.05) is 12.1 Å². The Morgan fingerprint density at radius 3 is 2.83 bits per heavy atom. The number of hydrogen-bond donors (Lipinski definition) is 1. The third-order valence-electron chi connectivity index (χ3n) is 3.72. The minimum atomic E-state index is -0.289. The molecule has 1 unspecified atom stereocenters. The second-order valence-corrected chi connectivity index (χ2v) is 5.56. The molecule has 0 aliphatic rings. The molecule has 2 aromatic heterocycles. The van der Waals surface area contributed by atoms with Gasteiger partial charge in [-0.2, -0.15) is 4.98 Å². The summed E-state index contributed by atoms with van der Waals surface area (Å²) in [6.45, 7) is 1.97. The number of carbonyl (C=O) groups is 1. The number of methoxy groups -OCH3 is 1. The Hall–Kier alpha value is -2.96. The third kappa shape index (κ3) is 3.68. The summed E-state index contributed by atoms with van der Waals surface area (Å²) in [5, 5.41) is 7.04. The van der Waals surface area contributed by atoms with Crippen LogP contribution in [-0.4, -0.2) is 38.6 Å². The molecule has 0 aliphatic carbocycles. The van der Waals surface area contributed by atoms with E-state index in [2.05, 4.69) is 20.4 Å². The average Bonchev–Trinajstić information content (AvgIpc) is 3.05. The lowest BCUT2D eigenvalue weighted by molar-refractivity contribution is 0.0928. The van der Waals surface area contributed by atoms with Crippen LogP contribution in [0.1, 0.15) is 29.5 Å². The van der Waals surface area contributed by atoms with Crippen LogP contribution in [0.2, 0.25) is 0 Å². The van der Waals surface area contributed by atoms with Gasteiger partial charge in [-0.15, -0.1) is 5.10 Å². The zero-order valence-corrected chi connectivity index (χ0v) is 13.6. The maximum absolute atomic E-state index is 12.2. The number of aryl methyl sites for hydroxylation is 1. The van der Waals surface area contributed by atoms with Crippen LogP contribution in [0.5, 0.6) is 5.75 Å². The molecule has 0 fully saturated rings. The second-order valence-electron chi connectivity index (χ2n) is 5.56. The average molecular weight is 325 g/mol. The SMILES string of the molecule is COc1ccc(CCC(C)NC(=O)c2nc3ncccn3n2)cc1. The van der Waals surface area contributed by atoms with E-state index in [1.807, 2.05) is 31.2 Å². The van der Waals surface area contributed by atoms with Gasteiger partial charge >= 0.3 is 0 Å². The highest BCUT2D eigenvalue weighted by atomic mass is 16.5. The van der Waals surface area contributed by atoms with Gasteiger partial charge in [-0.3, -0.25) is 4.79 Å². The van der Waals surface area contributed by atoms with Crippen LogP contribution in [0.25, 0.3) is 5.78 Å². The van der Waals surface area contributed by atoms with Gasteiger partial charge in [0.2, 0.25) is 5.82 Å². The van der Waals surface area contributed by atoms with Crippen molar-refractivity contribution < 1.29 is 9.53 Å². The number of rotatable bonds is 6. The van der Waals surface area contributed by atoms with Gasteiger partial charge in [0.15, 0.2) is 0 Å². The van der Waals surface area contributed by atoms with Crippen molar-refractivity contribution in [1.82, 2.24) is 24.9 Å². The van der Waals surface area contributed by atoms with E-state index in [0.717, 1.165) is 18.6 Å². The largest absolute Gasteiger partial charge is 0.497 e. The molecule has 24 heavy (non-hydrogen) atoms. The number of hydrogen-bond acceptors (Lipinski definition) is 5. The van der Waals surface area contributed by atoms with Crippen LogP contribution < -0.4 is 10.1 Å². The number of nitrogens with one attached hydrogen (secondary N) is 1. The molecule has 0 spiro atoms. The quantitative estimate of drug-likeness (QED) is 0.748. The molecule has 124 valence electrons. The number of fused-ring (bicyclic) bond motifs is 1. The van der Waals surface area contributed by atoms with Crippen molar-refractivity contribution in [2.24, 2.45) is 0 Å². The first-order chi connectivity index (χ1) is 11.7. The number of nitrogens with zero attached hydrogens (tertiary/aromatic N) is 4. The molecule has 3 rings (SSSR count). The highest BCUT2D eigenvalue weighted by Gasteiger charge is 2.15. The molecule has 0 radical (unpaired) electrons. The fourth-order valence-corrected chi connectivity index (χ4v) is 2.36. The van der Waals surface area contributed by atoms with E-state index >= 15 is 0 Å². The van der Waals surface area contributed by atoms with Crippen LogP contribution in [0.15, 0.2) is 42.7 Å². The van der Waals surface area contributed by atoms with Crippen LogP contribution in [0.4, 0.5) is 0 Å². The highest BCUT2D eigenvalue weighted by Crippen LogP contribution is 2.13. The molecular formula is C17H19N5O2. The molecule has 0 aliphatic heterocycles. The van der Waals surface area contributed by atoms with Crippen LogP contribution >= 0.6 is 0 Å². The predicted molar refractivity (Wildman–Crippen MR) is 89.0 cm³/mol. The number of benzene rings is 1. The predicted octanol–water partition coefficient (Wildman–Crippen LogP) is 1.88. The smallest absolute Gasteiger partial charge is 0.291 e. The van der Waals surface area contributed by atoms with E-state index < -0.39 is 0 Å². The van der Waals surface area contributed by atoms with Crippen molar-refractivity contribution in [2.75, 3.05) is 7.11 Å². The van der Waals surface area contributed by atoms with Gasteiger partial charge in [0.05, 0.1) is 7.11 Å². The first-order valence-electron chi connectivity index (χ1n) is 7.77. The van der Waals surface area contributed by atoms with Gasteiger partial charge in [-0.25, -0.2) is 9.50 Å². The molecule has 0 saturated carbocycles. The Labute approximate surface area is 139 Å². The van der Waals surface area contributed by atoms with E-state index in [4.69, 9.17) is 4.74 Å². The van der Waals surface area contributed by atoms with Crippen LogP contribution in [-0.2, 0) is 6.42 Å². The van der Waals surface area contributed by atoms with Crippen molar-refractivity contribution >= 4 is 11.7 Å². The normalized spacial score (nSPS) is 12.1. The number of aromatic nitrogens is 4. The minimum absolute atomic E-state index is 0.0131. The van der Waals surface area contributed by atoms with Crippen molar-refractivity contribution in [1.29, 1.82) is 0 Å². The maximum atomic E-state index is 12.2. The van der Waals surface area contributed by atoms with Crippen molar-refractivity contribution in [3.63, 3.8) is 0 Å². The van der Waals surface area contributed by atoms with E-state index in [9.17, 15) is 4.79 Å². The maximum Gasteiger partial charge on any atom is 0.291 e. The zero-order chi connectivity index (χ0) is 16.9. The molecular weight excluding hydrogens is 306 g/mol. The molecule has 0 bridgehead atoms. The molecule has 1 aromatic carbocycles. The number of amides is 1. The van der Waals surface area contributed by atoms with E-state index in [-0.39, 0.29) is 17.8 Å². The molecule has 3 aromatic rings. The van der Waals surface area contributed by atoms with E-state index in [1.54, 1.807) is 25.6 Å². The van der Waals surface area contributed by atoms with Gasteiger partial charge in [-0.05, 0) is 43.5 Å². The molecule has 1 atom stereocenters. The van der Waals surface area contributed by atoms with Crippen LogP contribution in [0.3, 0.4) is 0 Å². The van der Waals surface area contributed by atoms with Crippen molar-refractivity contribution in [2.45, 2.75) is 25.8 Å². The summed E-state index contributed by atoms with van der Waals surface area (Å²) in [6, 6.07) is 9.68. The summed E-state index contributed by atoms with van der Waals surface area (Å²) in [5.41, 5.74) is 1.20. The summed E-state index contributed by atoms with van der Waals surface area (Å²) >= 11 is 0. The number of ether oxygens (including phenoxy) is 1. The third-order valence-corrected chi connectivity index (χ3v) is 3.72. The summed E-state index contributed by atoms with van der Waals surface area (Å²) in [6.07, 6.45) is 5.01. The monoisotopic (exact) mass is 325 g/mol. The van der Waals surface area contributed by atoms with Crippen molar-refractivity contribution in [3.8, 4) is 5.75 Å². The molecule has 1 amide bonds. The van der Waals surface area contributed by atoms with Gasteiger partial charge in [0.25, 0.3) is 11.7 Å². The lowest BCUT2D eigenvalue weighted by Gasteiger charge is -2.12. The van der Waals surface area contributed by atoms with Crippen LogP contribution in [0, 0.1) is 0 Å². The van der Waals surface area contributed by atoms with E-state index in [1.165, 1.54) is 10.1 Å². The first-order valence-corrected chi connectivity index (χ1v) is 7.77. The van der Waals surface area contributed by atoms with Gasteiger partial charge in [0, 0.05) is 18.4 Å². The molecule has 7 nitrogen and oxygen atoms in total. The highest BCUT2D eigenvalue weighted by molar-refractivity contribution is 5.90. The fourth-order valence-electron chi connectivity index (χ4n) is 2.36. The Bertz CT molecular complexity index is 795. The molecule has 1 N–H and O–H groups in total. The van der Waals surface area contributed by atoms with Gasteiger partial charge in [0.1, 0.15) is 5.75 Å². The Morgan fingerprint density at radius 2 is 2.12 bits per heavy atom. The Kier molecular flexibility index (Phi) is 4.69. The topological polar surface area (TPSA) is 81.4 Å². The summed E-state index contributed by atoms with van der Waals surface area (Å²) in [7, 11) is 1.65. The summed E-state index contributed by atoms with van der Waals surface area (Å²) < 4.78 is 6.63. The fraction of sp³-hybridized carbons (Fsp3) is 0.294. The Morgan fingerprint density at radius 1 is 1.33 bits per heavy atom. The number of carbonyl (C=O) groups excluding carboxylic acids is 1. The lowest BCUT2D eigenvalue weighted by Crippen LogP contribution is -2.33. The Balaban J connectivity index is 1.55. The summed E-state index contributed by atoms with van der Waals surface area (Å²) in [4.78, 5) is 20.4. The lowest BCUT2D eigenvalue weighted by atomic mass is 10.1. The second kappa shape index (κ2) is 7.08. The summed E-state index contributed by atoms with van der Waals surface area (Å²) in [5.74, 6) is 1.09. The van der Waals surface area contributed by atoms with Crippen molar-refractivity contribution in [3.05, 3.63) is 54.1 Å². The molecule has 7 heteroatoms. The van der Waals surface area contributed by atoms with Gasteiger partial charge < -0.3 is 10.1 Å². The molecule has 0 saturated heterocycles. The zero-order valence-electron chi connectivity index (χ0n) is 13.6. The minimum Gasteiger partial charge on any atom is -0.497 e. The molecule has 2 heterocycles. The standard InChI is InChI=1S/C17H19N5O2/c1-12(4-5-13-6-8-14(24-2)9-7-13)19-16(23)15-20-17-18-10-3-11-22(17)21-15/h3,6-12H,4-5H2,1-2H3,(H,19,23). The first kappa shape index (κ1) is 15.9. The van der Waals surface area contributed by atoms with E-state index in [0.29, 0.717) is 5.78 Å².